The molecule has 1 N–H and O–H groups in total. The van der Waals surface area contributed by atoms with E-state index in [4.69, 9.17) is 4.74 Å². The second kappa shape index (κ2) is 7.20. The summed E-state index contributed by atoms with van der Waals surface area (Å²) in [4.78, 5) is 27.5. The molecule has 2 rings (SSSR count). The first-order chi connectivity index (χ1) is 10.1. The molecule has 5 nitrogen and oxygen atoms in total. The van der Waals surface area contributed by atoms with Crippen molar-refractivity contribution in [3.8, 4) is 0 Å². The summed E-state index contributed by atoms with van der Waals surface area (Å²) in [7, 11) is 0. The number of rotatable bonds is 4. The molecule has 0 unspecified atom stereocenters. The summed E-state index contributed by atoms with van der Waals surface area (Å²) < 4.78 is 4.98. The van der Waals surface area contributed by atoms with Crippen LogP contribution in [0, 0.1) is 11.8 Å². The molecule has 1 aromatic heterocycles. The van der Waals surface area contributed by atoms with Crippen LogP contribution in [-0.4, -0.2) is 29.5 Å². The van der Waals surface area contributed by atoms with Crippen LogP contribution >= 0.6 is 0 Å². The molecule has 3 atom stereocenters. The molecule has 1 aliphatic carbocycles. The Morgan fingerprint density at radius 2 is 2.14 bits per heavy atom. The van der Waals surface area contributed by atoms with Crippen molar-refractivity contribution in [2.45, 2.75) is 39.2 Å². The van der Waals surface area contributed by atoms with Crippen LogP contribution < -0.4 is 5.32 Å². The quantitative estimate of drug-likeness (QED) is 0.863. The van der Waals surface area contributed by atoms with E-state index in [2.05, 4.69) is 24.1 Å². The fraction of sp³-hybridized carbons (Fsp3) is 0.562. The SMILES string of the molecule is C[C@@H]1[C@H](C)CCC[C@H]1NC(=O)COC(=O)c1ccccn1. The molecule has 0 aliphatic heterocycles. The highest BCUT2D eigenvalue weighted by molar-refractivity contribution is 5.89. The second-order valence-corrected chi connectivity index (χ2v) is 5.73. The van der Waals surface area contributed by atoms with Crippen LogP contribution in [0.2, 0.25) is 0 Å². The van der Waals surface area contributed by atoms with Gasteiger partial charge in [-0.25, -0.2) is 9.78 Å². The van der Waals surface area contributed by atoms with Gasteiger partial charge in [-0.15, -0.1) is 0 Å². The molecule has 5 heteroatoms. The normalized spacial score (nSPS) is 25.1. The molecule has 0 radical (unpaired) electrons. The first-order valence-corrected chi connectivity index (χ1v) is 7.45. The van der Waals surface area contributed by atoms with Gasteiger partial charge in [-0.05, 0) is 30.4 Å². The molecule has 1 aromatic rings. The highest BCUT2D eigenvalue weighted by Crippen LogP contribution is 2.29. The zero-order chi connectivity index (χ0) is 15.2. The van der Waals surface area contributed by atoms with Crippen molar-refractivity contribution in [3.63, 3.8) is 0 Å². The number of aromatic nitrogens is 1. The Labute approximate surface area is 125 Å². The van der Waals surface area contributed by atoms with Crippen molar-refractivity contribution >= 4 is 11.9 Å². The molecule has 21 heavy (non-hydrogen) atoms. The zero-order valence-electron chi connectivity index (χ0n) is 12.5. The number of esters is 1. The van der Waals surface area contributed by atoms with Crippen molar-refractivity contribution in [3.05, 3.63) is 30.1 Å². The largest absolute Gasteiger partial charge is 0.451 e. The van der Waals surface area contributed by atoms with Crippen molar-refractivity contribution in [2.24, 2.45) is 11.8 Å². The Bertz CT molecular complexity index is 490. The summed E-state index contributed by atoms with van der Waals surface area (Å²) in [6.45, 7) is 4.12. The molecule has 1 fully saturated rings. The molecule has 1 saturated carbocycles. The van der Waals surface area contributed by atoms with Crippen LogP contribution in [0.3, 0.4) is 0 Å². The molecular weight excluding hydrogens is 268 g/mol. The van der Waals surface area contributed by atoms with E-state index in [0.29, 0.717) is 11.8 Å². The smallest absolute Gasteiger partial charge is 0.357 e. The lowest BCUT2D eigenvalue weighted by atomic mass is 9.78. The van der Waals surface area contributed by atoms with Gasteiger partial charge >= 0.3 is 5.97 Å². The van der Waals surface area contributed by atoms with E-state index in [0.717, 1.165) is 12.8 Å². The van der Waals surface area contributed by atoms with E-state index in [1.54, 1.807) is 18.2 Å². The monoisotopic (exact) mass is 290 g/mol. The summed E-state index contributed by atoms with van der Waals surface area (Å²) in [5.41, 5.74) is 0.213. The number of nitrogens with zero attached hydrogens (tertiary/aromatic N) is 1. The average Bonchev–Trinajstić information content (AvgIpc) is 2.50. The van der Waals surface area contributed by atoms with Crippen LogP contribution in [0.1, 0.15) is 43.6 Å². The van der Waals surface area contributed by atoms with Gasteiger partial charge in [-0.3, -0.25) is 4.79 Å². The Balaban J connectivity index is 1.78. The summed E-state index contributed by atoms with van der Waals surface area (Å²) in [6, 6.07) is 5.16. The molecule has 0 spiro atoms. The maximum absolute atomic E-state index is 11.9. The third kappa shape index (κ3) is 4.28. The molecule has 114 valence electrons. The first kappa shape index (κ1) is 15.5. The van der Waals surface area contributed by atoms with Gasteiger partial charge in [0.2, 0.25) is 0 Å². The first-order valence-electron chi connectivity index (χ1n) is 7.45. The van der Waals surface area contributed by atoms with Crippen LogP contribution in [0.5, 0.6) is 0 Å². The summed E-state index contributed by atoms with van der Waals surface area (Å²) in [5.74, 6) is 0.246. The van der Waals surface area contributed by atoms with E-state index in [9.17, 15) is 9.59 Å². The minimum Gasteiger partial charge on any atom is -0.451 e. The zero-order valence-corrected chi connectivity index (χ0v) is 12.5. The van der Waals surface area contributed by atoms with E-state index >= 15 is 0 Å². The van der Waals surface area contributed by atoms with Crippen molar-refractivity contribution in [2.75, 3.05) is 6.61 Å². The highest BCUT2D eigenvalue weighted by atomic mass is 16.5. The number of carbonyl (C=O) groups excluding carboxylic acids is 2. The fourth-order valence-electron chi connectivity index (χ4n) is 2.72. The maximum Gasteiger partial charge on any atom is 0.357 e. The average molecular weight is 290 g/mol. The van der Waals surface area contributed by atoms with Crippen LogP contribution in [0.15, 0.2) is 24.4 Å². The molecule has 1 amide bonds. The van der Waals surface area contributed by atoms with Crippen molar-refractivity contribution in [1.29, 1.82) is 0 Å². The predicted octanol–water partition coefficient (Wildman–Crippen LogP) is 2.18. The minimum atomic E-state index is -0.573. The van der Waals surface area contributed by atoms with Crippen LogP contribution in [-0.2, 0) is 9.53 Å². The Morgan fingerprint density at radius 1 is 1.33 bits per heavy atom. The van der Waals surface area contributed by atoms with Gasteiger partial charge in [0.05, 0.1) is 0 Å². The number of hydrogen-bond acceptors (Lipinski definition) is 4. The predicted molar refractivity (Wildman–Crippen MR) is 78.6 cm³/mol. The third-order valence-corrected chi connectivity index (χ3v) is 4.26. The van der Waals surface area contributed by atoms with Crippen LogP contribution in [0.4, 0.5) is 0 Å². The van der Waals surface area contributed by atoms with Gasteiger partial charge in [0.25, 0.3) is 5.91 Å². The highest BCUT2D eigenvalue weighted by Gasteiger charge is 2.28. The Morgan fingerprint density at radius 3 is 2.86 bits per heavy atom. The van der Waals surface area contributed by atoms with Gasteiger partial charge in [-0.1, -0.05) is 32.8 Å². The van der Waals surface area contributed by atoms with Crippen LogP contribution in [0.25, 0.3) is 0 Å². The van der Waals surface area contributed by atoms with E-state index < -0.39 is 5.97 Å². The van der Waals surface area contributed by atoms with E-state index in [1.165, 1.54) is 12.6 Å². The Hall–Kier alpha value is -1.91. The van der Waals surface area contributed by atoms with Gasteiger partial charge in [-0.2, -0.15) is 0 Å². The Kier molecular flexibility index (Phi) is 5.31. The van der Waals surface area contributed by atoms with Crippen molar-refractivity contribution < 1.29 is 14.3 Å². The van der Waals surface area contributed by atoms with Crippen molar-refractivity contribution in [1.82, 2.24) is 10.3 Å². The van der Waals surface area contributed by atoms with E-state index in [-0.39, 0.29) is 24.2 Å². The number of nitrogens with one attached hydrogen (secondary N) is 1. The summed E-state index contributed by atoms with van der Waals surface area (Å²) in [6.07, 6.45) is 4.85. The summed E-state index contributed by atoms with van der Waals surface area (Å²) in [5, 5.41) is 2.97. The van der Waals surface area contributed by atoms with Gasteiger partial charge in [0.15, 0.2) is 6.61 Å². The molecular formula is C16H22N2O3. The number of carbonyl (C=O) groups is 2. The lowest BCUT2D eigenvalue weighted by molar-refractivity contribution is -0.125. The second-order valence-electron chi connectivity index (χ2n) is 5.73. The minimum absolute atomic E-state index is 0.176. The standard InChI is InChI=1S/C16H22N2O3/c1-11-6-5-8-13(12(11)2)18-15(19)10-21-16(20)14-7-3-4-9-17-14/h3-4,7,9,11-13H,5-6,8,10H2,1-2H3,(H,18,19)/t11-,12-,13-/m1/s1. The summed E-state index contributed by atoms with van der Waals surface area (Å²) >= 11 is 0. The van der Waals surface area contributed by atoms with Gasteiger partial charge < -0.3 is 10.1 Å². The van der Waals surface area contributed by atoms with Gasteiger partial charge in [0.1, 0.15) is 5.69 Å². The van der Waals surface area contributed by atoms with E-state index in [1.807, 2.05) is 0 Å². The lowest BCUT2D eigenvalue weighted by Gasteiger charge is -2.34. The molecule has 1 aliphatic rings. The number of pyridine rings is 1. The fourth-order valence-corrected chi connectivity index (χ4v) is 2.72. The molecule has 0 aromatic carbocycles. The topological polar surface area (TPSA) is 68.3 Å². The maximum atomic E-state index is 11.9. The number of amides is 1. The number of ether oxygens (including phenoxy) is 1. The molecule has 1 heterocycles. The molecule has 0 saturated heterocycles. The van der Waals surface area contributed by atoms with Gasteiger partial charge in [0, 0.05) is 12.2 Å². The third-order valence-electron chi connectivity index (χ3n) is 4.26. The molecule has 0 bridgehead atoms. The number of hydrogen-bond donors (Lipinski definition) is 1. The lowest BCUT2D eigenvalue weighted by Crippen LogP contribution is -2.45.